The number of Topliss-reactive ketones (excluding diaryl/α,β-unsaturated/α-hetero) is 1. The molecule has 1 heteroatoms. The standard InChI is InChI=1S/C17H26O/c1-10(2)9-17(7,8)15-13(5)11(3)12(4)14(6)16(15)18/h10H,3,9H2,1-2,4-8H3. The Labute approximate surface area is 112 Å². The van der Waals surface area contributed by atoms with Crippen LogP contribution in [0.3, 0.4) is 0 Å². The van der Waals surface area contributed by atoms with Gasteiger partial charge >= 0.3 is 0 Å². The minimum atomic E-state index is -0.0831. The van der Waals surface area contributed by atoms with Gasteiger partial charge in [0.15, 0.2) is 5.78 Å². The smallest absolute Gasteiger partial charge is 0.185 e. The second-order valence-corrected chi connectivity index (χ2v) is 6.54. The van der Waals surface area contributed by atoms with Crippen LogP contribution in [0.4, 0.5) is 0 Å². The summed E-state index contributed by atoms with van der Waals surface area (Å²) in [6.07, 6.45) is 1.02. The maximum Gasteiger partial charge on any atom is 0.185 e. The van der Waals surface area contributed by atoms with E-state index < -0.39 is 0 Å². The number of allylic oxidation sites excluding steroid dienone is 5. The number of carbonyl (C=O) groups is 1. The molecule has 0 unspecified atom stereocenters. The van der Waals surface area contributed by atoms with Gasteiger partial charge in [-0.05, 0) is 55.2 Å². The van der Waals surface area contributed by atoms with Crippen molar-refractivity contribution in [3.05, 3.63) is 34.4 Å². The largest absolute Gasteiger partial charge is 0.289 e. The molecule has 0 aliphatic heterocycles. The van der Waals surface area contributed by atoms with Crippen molar-refractivity contribution in [1.29, 1.82) is 0 Å². The number of ketones is 1. The molecule has 0 N–H and O–H groups in total. The van der Waals surface area contributed by atoms with Gasteiger partial charge in [0.25, 0.3) is 0 Å². The lowest BCUT2D eigenvalue weighted by molar-refractivity contribution is -0.113. The van der Waals surface area contributed by atoms with E-state index in [9.17, 15) is 4.79 Å². The second-order valence-electron chi connectivity index (χ2n) is 6.54. The molecule has 0 aromatic carbocycles. The van der Waals surface area contributed by atoms with Gasteiger partial charge in [0, 0.05) is 11.1 Å². The summed E-state index contributed by atoms with van der Waals surface area (Å²) in [6.45, 7) is 18.8. The highest BCUT2D eigenvalue weighted by molar-refractivity contribution is 6.12. The number of rotatable bonds is 3. The van der Waals surface area contributed by atoms with Crippen molar-refractivity contribution in [2.75, 3.05) is 0 Å². The zero-order valence-corrected chi connectivity index (χ0v) is 12.9. The summed E-state index contributed by atoms with van der Waals surface area (Å²) in [5.41, 5.74) is 4.89. The summed E-state index contributed by atoms with van der Waals surface area (Å²) >= 11 is 0. The molecule has 1 aliphatic carbocycles. The SMILES string of the molecule is C=C1C(C)=C(C)C(=O)C(C(C)(C)CC(C)C)=C1C. The summed E-state index contributed by atoms with van der Waals surface area (Å²) in [5.74, 6) is 0.789. The fraction of sp³-hybridized carbons (Fsp3) is 0.588. The Morgan fingerprint density at radius 2 is 1.56 bits per heavy atom. The molecule has 1 nitrogen and oxygen atoms in total. The van der Waals surface area contributed by atoms with Gasteiger partial charge in [0.1, 0.15) is 0 Å². The maximum atomic E-state index is 12.6. The molecule has 0 atom stereocenters. The highest BCUT2D eigenvalue weighted by Gasteiger charge is 2.35. The third-order valence-corrected chi connectivity index (χ3v) is 4.01. The van der Waals surface area contributed by atoms with Crippen molar-refractivity contribution in [2.24, 2.45) is 11.3 Å². The lowest BCUT2D eigenvalue weighted by atomic mass is 9.69. The van der Waals surface area contributed by atoms with Gasteiger partial charge < -0.3 is 0 Å². The highest BCUT2D eigenvalue weighted by atomic mass is 16.1. The van der Waals surface area contributed by atoms with E-state index in [2.05, 4.69) is 34.3 Å². The third-order valence-electron chi connectivity index (χ3n) is 4.01. The molecule has 1 rings (SSSR count). The molecule has 0 saturated heterocycles. The van der Waals surface area contributed by atoms with E-state index in [-0.39, 0.29) is 11.2 Å². The van der Waals surface area contributed by atoms with Crippen LogP contribution in [0.15, 0.2) is 34.4 Å². The molecular formula is C17H26O. The van der Waals surface area contributed by atoms with Crippen LogP contribution in [0.5, 0.6) is 0 Å². The summed E-state index contributed by atoms with van der Waals surface area (Å²) in [5, 5.41) is 0. The van der Waals surface area contributed by atoms with Crippen LogP contribution in [-0.2, 0) is 4.79 Å². The zero-order chi connectivity index (χ0) is 14.2. The first-order valence-corrected chi connectivity index (χ1v) is 6.72. The summed E-state index contributed by atoms with van der Waals surface area (Å²) < 4.78 is 0. The van der Waals surface area contributed by atoms with Gasteiger partial charge in [-0.2, -0.15) is 0 Å². The van der Waals surface area contributed by atoms with Crippen LogP contribution < -0.4 is 0 Å². The van der Waals surface area contributed by atoms with E-state index in [1.165, 1.54) is 0 Å². The van der Waals surface area contributed by atoms with E-state index in [4.69, 9.17) is 0 Å². The van der Waals surface area contributed by atoms with E-state index in [0.717, 1.165) is 34.3 Å². The molecule has 0 heterocycles. The lowest BCUT2D eigenvalue weighted by Crippen LogP contribution is -2.28. The number of hydrogen-bond donors (Lipinski definition) is 0. The van der Waals surface area contributed by atoms with Crippen molar-refractivity contribution >= 4 is 5.78 Å². The maximum absolute atomic E-state index is 12.6. The Bertz CT molecular complexity index is 456. The molecule has 1 aliphatic rings. The first kappa shape index (κ1) is 14.9. The summed E-state index contributed by atoms with van der Waals surface area (Å²) in [6, 6.07) is 0. The second kappa shape index (κ2) is 4.87. The first-order valence-electron chi connectivity index (χ1n) is 6.72. The molecule has 0 aromatic heterocycles. The minimum absolute atomic E-state index is 0.0831. The molecule has 0 fully saturated rings. The molecule has 0 saturated carbocycles. The van der Waals surface area contributed by atoms with Crippen molar-refractivity contribution in [3.63, 3.8) is 0 Å². The Morgan fingerprint density at radius 3 is 2.00 bits per heavy atom. The Morgan fingerprint density at radius 1 is 1.06 bits per heavy atom. The molecule has 0 bridgehead atoms. The van der Waals surface area contributed by atoms with E-state index >= 15 is 0 Å². The van der Waals surface area contributed by atoms with Crippen molar-refractivity contribution < 1.29 is 4.79 Å². The van der Waals surface area contributed by atoms with Gasteiger partial charge in [0.05, 0.1) is 0 Å². The zero-order valence-electron chi connectivity index (χ0n) is 12.9. The fourth-order valence-corrected chi connectivity index (χ4v) is 3.12. The Balaban J connectivity index is 3.32. The monoisotopic (exact) mass is 246 g/mol. The predicted molar refractivity (Wildman–Crippen MR) is 78.5 cm³/mol. The quantitative estimate of drug-likeness (QED) is 0.695. The summed E-state index contributed by atoms with van der Waals surface area (Å²) in [7, 11) is 0. The Hall–Kier alpha value is -1.11. The van der Waals surface area contributed by atoms with E-state index in [1.54, 1.807) is 0 Å². The molecule has 100 valence electrons. The predicted octanol–water partition coefficient (Wildman–Crippen LogP) is 4.85. The molecular weight excluding hydrogens is 220 g/mol. The van der Waals surface area contributed by atoms with E-state index in [1.807, 2.05) is 20.8 Å². The average molecular weight is 246 g/mol. The first-order chi connectivity index (χ1) is 8.09. The van der Waals surface area contributed by atoms with Crippen molar-refractivity contribution in [3.8, 4) is 0 Å². The molecule has 0 amide bonds. The highest BCUT2D eigenvalue weighted by Crippen LogP contribution is 2.42. The Kier molecular flexibility index (Phi) is 4.05. The average Bonchev–Trinajstić information content (AvgIpc) is 2.21. The topological polar surface area (TPSA) is 17.1 Å². The van der Waals surface area contributed by atoms with Crippen LogP contribution in [0.2, 0.25) is 0 Å². The summed E-state index contributed by atoms with van der Waals surface area (Å²) in [4.78, 5) is 12.6. The third kappa shape index (κ3) is 2.50. The van der Waals surface area contributed by atoms with Crippen LogP contribution in [0.25, 0.3) is 0 Å². The van der Waals surface area contributed by atoms with Gasteiger partial charge in [-0.1, -0.05) is 34.3 Å². The molecule has 18 heavy (non-hydrogen) atoms. The van der Waals surface area contributed by atoms with Crippen LogP contribution in [0.1, 0.15) is 54.9 Å². The molecule has 0 spiro atoms. The van der Waals surface area contributed by atoms with Gasteiger partial charge in [-0.3, -0.25) is 4.79 Å². The van der Waals surface area contributed by atoms with Crippen LogP contribution >= 0.6 is 0 Å². The van der Waals surface area contributed by atoms with Crippen LogP contribution in [0, 0.1) is 11.3 Å². The van der Waals surface area contributed by atoms with Crippen molar-refractivity contribution in [1.82, 2.24) is 0 Å². The number of hydrogen-bond acceptors (Lipinski definition) is 1. The fourth-order valence-electron chi connectivity index (χ4n) is 3.12. The van der Waals surface area contributed by atoms with Gasteiger partial charge in [0.2, 0.25) is 0 Å². The van der Waals surface area contributed by atoms with Crippen LogP contribution in [-0.4, -0.2) is 5.78 Å². The normalized spacial score (nSPS) is 18.2. The molecule has 0 radical (unpaired) electrons. The molecule has 0 aromatic rings. The van der Waals surface area contributed by atoms with E-state index in [0.29, 0.717) is 5.92 Å². The van der Waals surface area contributed by atoms with Gasteiger partial charge in [-0.15, -0.1) is 0 Å². The van der Waals surface area contributed by atoms with Crippen molar-refractivity contribution in [2.45, 2.75) is 54.9 Å². The lowest BCUT2D eigenvalue weighted by Gasteiger charge is -2.34. The van der Waals surface area contributed by atoms with Gasteiger partial charge in [-0.25, -0.2) is 0 Å². The number of carbonyl (C=O) groups excluding carboxylic acids is 1. The minimum Gasteiger partial charge on any atom is -0.289 e.